The highest BCUT2D eigenvalue weighted by Crippen LogP contribution is 2.40. The van der Waals surface area contributed by atoms with Gasteiger partial charge in [-0.25, -0.2) is 0 Å². The third-order valence-corrected chi connectivity index (χ3v) is 3.18. The summed E-state index contributed by atoms with van der Waals surface area (Å²) in [6, 6.07) is 4.92. The van der Waals surface area contributed by atoms with E-state index < -0.39 is 17.8 Å². The van der Waals surface area contributed by atoms with Gasteiger partial charge >= 0.3 is 5.97 Å². The van der Waals surface area contributed by atoms with Crippen LogP contribution in [0.2, 0.25) is 5.02 Å². The van der Waals surface area contributed by atoms with Gasteiger partial charge in [0.15, 0.2) is 0 Å². The SMILES string of the molecule is CCOc1ccc(Cl)cc1NC(=O)C1CC1C(=O)O. The molecule has 1 fully saturated rings. The molecule has 19 heavy (non-hydrogen) atoms. The summed E-state index contributed by atoms with van der Waals surface area (Å²) < 4.78 is 5.38. The molecule has 1 saturated carbocycles. The van der Waals surface area contributed by atoms with Gasteiger partial charge in [0.25, 0.3) is 0 Å². The van der Waals surface area contributed by atoms with E-state index in [2.05, 4.69) is 5.32 Å². The van der Waals surface area contributed by atoms with Crippen molar-refractivity contribution in [1.29, 1.82) is 0 Å². The molecule has 102 valence electrons. The predicted molar refractivity (Wildman–Crippen MR) is 70.5 cm³/mol. The van der Waals surface area contributed by atoms with Crippen molar-refractivity contribution in [1.82, 2.24) is 0 Å². The molecule has 2 rings (SSSR count). The third kappa shape index (κ3) is 3.17. The second-order valence-corrected chi connectivity index (χ2v) is 4.79. The molecule has 1 aliphatic rings. The Balaban J connectivity index is 2.08. The Morgan fingerprint density at radius 1 is 1.47 bits per heavy atom. The first-order chi connectivity index (χ1) is 9.02. The molecule has 5 nitrogen and oxygen atoms in total. The summed E-state index contributed by atoms with van der Waals surface area (Å²) >= 11 is 5.87. The minimum atomic E-state index is -0.934. The monoisotopic (exact) mass is 283 g/mol. The minimum absolute atomic E-state index is 0.310. The van der Waals surface area contributed by atoms with Crippen LogP contribution in [0.5, 0.6) is 5.75 Å². The number of hydrogen-bond donors (Lipinski definition) is 2. The highest BCUT2D eigenvalue weighted by molar-refractivity contribution is 6.31. The summed E-state index contributed by atoms with van der Waals surface area (Å²) in [6.07, 6.45) is 0.381. The van der Waals surface area contributed by atoms with Crippen molar-refractivity contribution in [2.75, 3.05) is 11.9 Å². The number of anilines is 1. The molecule has 2 atom stereocenters. The van der Waals surface area contributed by atoms with Crippen LogP contribution < -0.4 is 10.1 Å². The Labute approximate surface area is 115 Å². The van der Waals surface area contributed by atoms with Crippen LogP contribution >= 0.6 is 11.6 Å². The molecule has 0 aliphatic heterocycles. The summed E-state index contributed by atoms with van der Waals surface area (Å²) in [5, 5.41) is 11.9. The fraction of sp³-hybridized carbons (Fsp3) is 0.385. The van der Waals surface area contributed by atoms with Gasteiger partial charge in [0.1, 0.15) is 5.75 Å². The first-order valence-electron chi connectivity index (χ1n) is 5.99. The third-order valence-electron chi connectivity index (χ3n) is 2.94. The van der Waals surface area contributed by atoms with E-state index in [-0.39, 0.29) is 5.91 Å². The molecule has 1 aromatic carbocycles. The summed E-state index contributed by atoms with van der Waals surface area (Å²) in [5.74, 6) is -1.76. The van der Waals surface area contributed by atoms with E-state index in [0.29, 0.717) is 29.5 Å². The fourth-order valence-electron chi connectivity index (χ4n) is 1.86. The fourth-order valence-corrected chi connectivity index (χ4v) is 2.04. The van der Waals surface area contributed by atoms with E-state index in [1.807, 2.05) is 6.92 Å². The zero-order valence-electron chi connectivity index (χ0n) is 10.4. The first kappa shape index (κ1) is 13.7. The summed E-state index contributed by atoms with van der Waals surface area (Å²) in [6.45, 7) is 2.30. The molecule has 0 radical (unpaired) electrons. The van der Waals surface area contributed by atoms with Crippen LogP contribution in [0.1, 0.15) is 13.3 Å². The van der Waals surface area contributed by atoms with E-state index in [4.69, 9.17) is 21.4 Å². The Hall–Kier alpha value is -1.75. The maximum atomic E-state index is 11.9. The summed E-state index contributed by atoms with van der Waals surface area (Å²) in [4.78, 5) is 22.6. The largest absolute Gasteiger partial charge is 0.492 e. The van der Waals surface area contributed by atoms with Crippen LogP contribution in [0.25, 0.3) is 0 Å². The van der Waals surface area contributed by atoms with E-state index in [9.17, 15) is 9.59 Å². The van der Waals surface area contributed by atoms with Crippen LogP contribution in [0.15, 0.2) is 18.2 Å². The number of halogens is 1. The number of aliphatic carboxylic acids is 1. The Morgan fingerprint density at radius 2 is 2.21 bits per heavy atom. The summed E-state index contributed by atoms with van der Waals surface area (Å²) in [5.41, 5.74) is 0.468. The Kier molecular flexibility index (Phi) is 3.95. The first-order valence-corrected chi connectivity index (χ1v) is 6.36. The van der Waals surface area contributed by atoms with Gasteiger partial charge in [0.05, 0.1) is 24.1 Å². The predicted octanol–water partition coefficient (Wildman–Crippen LogP) is 2.40. The molecule has 1 amide bonds. The maximum absolute atomic E-state index is 11.9. The lowest BCUT2D eigenvalue weighted by Crippen LogP contribution is -2.17. The molecule has 1 aliphatic carbocycles. The molecular weight excluding hydrogens is 270 g/mol. The lowest BCUT2D eigenvalue weighted by atomic mass is 10.2. The van der Waals surface area contributed by atoms with Crippen LogP contribution in [0.4, 0.5) is 5.69 Å². The lowest BCUT2D eigenvalue weighted by Gasteiger charge is -2.11. The number of nitrogens with one attached hydrogen (secondary N) is 1. The van der Waals surface area contributed by atoms with E-state index >= 15 is 0 Å². The number of ether oxygens (including phenoxy) is 1. The second-order valence-electron chi connectivity index (χ2n) is 4.35. The smallest absolute Gasteiger partial charge is 0.307 e. The van der Waals surface area contributed by atoms with Crippen molar-refractivity contribution < 1.29 is 19.4 Å². The van der Waals surface area contributed by atoms with E-state index in [1.54, 1.807) is 18.2 Å². The Bertz CT molecular complexity index is 517. The van der Waals surface area contributed by atoms with Crippen LogP contribution in [-0.2, 0) is 9.59 Å². The number of amides is 1. The maximum Gasteiger partial charge on any atom is 0.307 e. The zero-order chi connectivity index (χ0) is 14.0. The highest BCUT2D eigenvalue weighted by atomic mass is 35.5. The number of carboxylic acid groups (broad SMARTS) is 1. The quantitative estimate of drug-likeness (QED) is 0.870. The lowest BCUT2D eigenvalue weighted by molar-refractivity contribution is -0.139. The summed E-state index contributed by atoms with van der Waals surface area (Å²) in [7, 11) is 0. The molecule has 0 aromatic heterocycles. The highest BCUT2D eigenvalue weighted by Gasteiger charge is 2.48. The van der Waals surface area contributed by atoms with Crippen molar-refractivity contribution in [3.05, 3.63) is 23.2 Å². The van der Waals surface area contributed by atoms with Crippen molar-refractivity contribution in [3.63, 3.8) is 0 Å². The van der Waals surface area contributed by atoms with Gasteiger partial charge in [0.2, 0.25) is 5.91 Å². The molecule has 0 heterocycles. The van der Waals surface area contributed by atoms with Crippen molar-refractivity contribution in [2.24, 2.45) is 11.8 Å². The van der Waals surface area contributed by atoms with Crippen LogP contribution in [0.3, 0.4) is 0 Å². The second kappa shape index (κ2) is 5.48. The number of carbonyl (C=O) groups excluding carboxylic acids is 1. The number of benzene rings is 1. The van der Waals surface area contributed by atoms with Gasteiger partial charge in [-0.05, 0) is 31.5 Å². The standard InChI is InChI=1S/C13H14ClNO4/c1-2-19-11-4-3-7(14)5-10(11)15-12(16)8-6-9(8)13(17)18/h3-5,8-9H,2,6H2,1H3,(H,15,16)(H,17,18). The minimum Gasteiger partial charge on any atom is -0.492 e. The van der Waals surface area contributed by atoms with E-state index in [1.165, 1.54) is 0 Å². The molecular formula is C13H14ClNO4. The Morgan fingerprint density at radius 3 is 2.79 bits per heavy atom. The van der Waals surface area contributed by atoms with Crippen molar-refractivity contribution in [3.8, 4) is 5.75 Å². The molecule has 0 saturated heterocycles. The average molecular weight is 284 g/mol. The average Bonchev–Trinajstić information content (AvgIpc) is 3.13. The normalized spacial score (nSPS) is 20.7. The van der Waals surface area contributed by atoms with Gasteiger partial charge in [-0.15, -0.1) is 0 Å². The van der Waals surface area contributed by atoms with Gasteiger partial charge < -0.3 is 15.2 Å². The van der Waals surface area contributed by atoms with Crippen LogP contribution in [-0.4, -0.2) is 23.6 Å². The number of hydrogen-bond acceptors (Lipinski definition) is 3. The number of carboxylic acids is 1. The molecule has 1 aromatic rings. The van der Waals surface area contributed by atoms with E-state index in [0.717, 1.165) is 0 Å². The van der Waals surface area contributed by atoms with Crippen molar-refractivity contribution >= 4 is 29.2 Å². The molecule has 2 unspecified atom stereocenters. The van der Waals surface area contributed by atoms with Crippen molar-refractivity contribution in [2.45, 2.75) is 13.3 Å². The zero-order valence-corrected chi connectivity index (χ0v) is 11.1. The molecule has 6 heteroatoms. The van der Waals surface area contributed by atoms with Gasteiger partial charge in [-0.3, -0.25) is 9.59 Å². The number of rotatable bonds is 5. The van der Waals surface area contributed by atoms with Gasteiger partial charge in [0, 0.05) is 5.02 Å². The topological polar surface area (TPSA) is 75.6 Å². The number of carbonyl (C=O) groups is 2. The molecule has 0 bridgehead atoms. The van der Waals surface area contributed by atoms with Gasteiger partial charge in [-0.2, -0.15) is 0 Å². The van der Waals surface area contributed by atoms with Crippen LogP contribution in [0, 0.1) is 11.8 Å². The van der Waals surface area contributed by atoms with Gasteiger partial charge in [-0.1, -0.05) is 11.6 Å². The molecule has 2 N–H and O–H groups in total. The molecule has 0 spiro atoms.